The van der Waals surface area contributed by atoms with Crippen LogP contribution in [-0.2, 0) is 4.74 Å². The van der Waals surface area contributed by atoms with Crippen molar-refractivity contribution in [3.63, 3.8) is 0 Å². The van der Waals surface area contributed by atoms with Crippen molar-refractivity contribution < 1.29 is 4.74 Å². The van der Waals surface area contributed by atoms with Crippen LogP contribution in [0.25, 0.3) is 0 Å². The van der Waals surface area contributed by atoms with Gasteiger partial charge >= 0.3 is 0 Å². The number of hydrogen-bond acceptors (Lipinski definition) is 4. The van der Waals surface area contributed by atoms with Gasteiger partial charge in [0.2, 0.25) is 0 Å². The number of hydrogen-bond donors (Lipinski definition) is 0. The molecule has 1 heterocycles. The van der Waals surface area contributed by atoms with E-state index in [4.69, 9.17) is 4.74 Å². The first-order chi connectivity index (χ1) is 9.76. The molecule has 1 aromatic carbocycles. The van der Waals surface area contributed by atoms with Gasteiger partial charge in [0.05, 0.1) is 17.9 Å². The summed E-state index contributed by atoms with van der Waals surface area (Å²) >= 11 is 1.73. The molecule has 1 aromatic rings. The summed E-state index contributed by atoms with van der Waals surface area (Å²) < 4.78 is 5.54. The van der Waals surface area contributed by atoms with E-state index in [0.717, 1.165) is 48.1 Å². The Bertz CT molecular complexity index is 478. The van der Waals surface area contributed by atoms with Gasteiger partial charge in [-0.25, -0.2) is 0 Å². The summed E-state index contributed by atoms with van der Waals surface area (Å²) in [6, 6.07) is 8.50. The normalized spacial score (nSPS) is 18.6. The second-order valence-corrected chi connectivity index (χ2v) is 6.46. The molecule has 108 valence electrons. The second-order valence-electron chi connectivity index (χ2n) is 5.16. The molecule has 0 saturated carbocycles. The van der Waals surface area contributed by atoms with Crippen LogP contribution in [-0.4, -0.2) is 32.6 Å². The monoisotopic (exact) mass is 290 g/mol. The van der Waals surface area contributed by atoms with Gasteiger partial charge < -0.3 is 9.64 Å². The summed E-state index contributed by atoms with van der Waals surface area (Å²) in [5, 5.41) is 9.47. The van der Waals surface area contributed by atoms with E-state index in [1.165, 1.54) is 6.42 Å². The van der Waals surface area contributed by atoms with Crippen molar-refractivity contribution in [3.05, 3.63) is 23.8 Å². The number of thioether (sulfide) groups is 1. The molecule has 0 N–H and O–H groups in total. The highest BCUT2D eigenvalue weighted by Crippen LogP contribution is 2.30. The van der Waals surface area contributed by atoms with Crippen molar-refractivity contribution in [1.29, 1.82) is 5.26 Å². The lowest BCUT2D eigenvalue weighted by Gasteiger charge is -2.29. The Hall–Kier alpha value is -1.18. The fourth-order valence-corrected chi connectivity index (χ4v) is 3.44. The molecule has 1 fully saturated rings. The summed E-state index contributed by atoms with van der Waals surface area (Å²) in [5.74, 6) is 1.56. The maximum atomic E-state index is 9.47. The molecule has 1 saturated heterocycles. The number of rotatable bonds is 5. The van der Waals surface area contributed by atoms with Crippen LogP contribution in [0, 0.1) is 17.2 Å². The Morgan fingerprint density at radius 3 is 3.00 bits per heavy atom. The average molecular weight is 290 g/mol. The molecular weight excluding hydrogens is 268 g/mol. The molecule has 0 spiro atoms. The van der Waals surface area contributed by atoms with Crippen LogP contribution in [0.15, 0.2) is 23.1 Å². The lowest BCUT2D eigenvalue weighted by molar-refractivity contribution is 0.0576. The fraction of sp³-hybridized carbons (Fsp3) is 0.562. The van der Waals surface area contributed by atoms with Crippen LogP contribution in [0.2, 0.25) is 0 Å². The third-order valence-electron chi connectivity index (χ3n) is 3.61. The highest BCUT2D eigenvalue weighted by Gasteiger charge is 2.18. The zero-order valence-electron chi connectivity index (χ0n) is 12.3. The maximum Gasteiger partial charge on any atom is 0.103 e. The van der Waals surface area contributed by atoms with E-state index in [1.807, 2.05) is 18.2 Å². The van der Waals surface area contributed by atoms with Crippen molar-refractivity contribution in [2.45, 2.75) is 24.7 Å². The molecule has 20 heavy (non-hydrogen) atoms. The van der Waals surface area contributed by atoms with Gasteiger partial charge in [0.15, 0.2) is 0 Å². The van der Waals surface area contributed by atoms with Gasteiger partial charge in [0.1, 0.15) is 6.07 Å². The van der Waals surface area contributed by atoms with E-state index in [-0.39, 0.29) is 0 Å². The Labute approximate surface area is 125 Å². The summed E-state index contributed by atoms with van der Waals surface area (Å²) in [4.78, 5) is 3.29. The molecule has 0 aromatic heterocycles. The molecule has 1 unspecified atom stereocenters. The van der Waals surface area contributed by atoms with Gasteiger partial charge in [0, 0.05) is 25.1 Å². The highest BCUT2D eigenvalue weighted by atomic mass is 32.2. The molecule has 1 atom stereocenters. The minimum Gasteiger partial charge on any atom is -0.381 e. The van der Waals surface area contributed by atoms with Gasteiger partial charge in [-0.05, 0) is 36.6 Å². The first-order valence-electron chi connectivity index (χ1n) is 7.21. The van der Waals surface area contributed by atoms with E-state index in [2.05, 4.69) is 24.9 Å². The number of ether oxygens (including phenoxy) is 1. The zero-order valence-corrected chi connectivity index (χ0v) is 13.1. The smallest absolute Gasteiger partial charge is 0.103 e. The van der Waals surface area contributed by atoms with Gasteiger partial charge in [-0.15, -0.1) is 11.8 Å². The Morgan fingerprint density at radius 2 is 2.35 bits per heavy atom. The minimum atomic E-state index is 0.572. The minimum absolute atomic E-state index is 0.572. The molecular formula is C16H22N2OS. The first-order valence-corrected chi connectivity index (χ1v) is 8.19. The van der Waals surface area contributed by atoms with E-state index in [0.29, 0.717) is 5.92 Å². The lowest BCUT2D eigenvalue weighted by atomic mass is 10.0. The highest BCUT2D eigenvalue weighted by molar-refractivity contribution is 7.99. The maximum absolute atomic E-state index is 9.47. The van der Waals surface area contributed by atoms with Crippen LogP contribution >= 0.6 is 11.8 Å². The van der Waals surface area contributed by atoms with Crippen LogP contribution in [0.3, 0.4) is 0 Å². The largest absolute Gasteiger partial charge is 0.381 e. The van der Waals surface area contributed by atoms with Gasteiger partial charge in [-0.3, -0.25) is 0 Å². The number of benzene rings is 1. The molecule has 1 aliphatic rings. The number of anilines is 1. The van der Waals surface area contributed by atoms with Crippen LogP contribution in [0.5, 0.6) is 0 Å². The topological polar surface area (TPSA) is 36.3 Å². The van der Waals surface area contributed by atoms with E-state index < -0.39 is 0 Å². The van der Waals surface area contributed by atoms with Crippen molar-refractivity contribution in [1.82, 2.24) is 0 Å². The average Bonchev–Trinajstić information content (AvgIpc) is 2.48. The molecule has 3 nitrogen and oxygen atoms in total. The Morgan fingerprint density at radius 1 is 1.50 bits per heavy atom. The lowest BCUT2D eigenvalue weighted by Crippen LogP contribution is -2.31. The Kier molecular flexibility index (Phi) is 5.75. The molecule has 4 heteroatoms. The predicted molar refractivity (Wildman–Crippen MR) is 84.4 cm³/mol. The molecule has 2 rings (SSSR count). The van der Waals surface area contributed by atoms with Crippen molar-refractivity contribution in [3.8, 4) is 6.07 Å². The van der Waals surface area contributed by atoms with Gasteiger partial charge in [-0.2, -0.15) is 5.26 Å². The van der Waals surface area contributed by atoms with E-state index in [1.54, 1.807) is 11.8 Å². The van der Waals surface area contributed by atoms with E-state index >= 15 is 0 Å². The zero-order chi connectivity index (χ0) is 14.4. The van der Waals surface area contributed by atoms with Crippen LogP contribution < -0.4 is 4.90 Å². The number of nitrogens with zero attached hydrogens (tertiary/aromatic N) is 2. The Balaban J connectivity index is 2.14. The van der Waals surface area contributed by atoms with Crippen LogP contribution in [0.4, 0.5) is 5.69 Å². The van der Waals surface area contributed by atoms with Crippen molar-refractivity contribution in [2.75, 3.05) is 37.5 Å². The SMILES string of the molecule is CCSc1cccc(N(C)CC2CCCOC2)c1C#N. The first kappa shape index (κ1) is 15.2. The van der Waals surface area contributed by atoms with Crippen molar-refractivity contribution >= 4 is 17.4 Å². The quantitative estimate of drug-likeness (QED) is 0.777. The molecule has 1 aliphatic heterocycles. The molecule has 0 amide bonds. The summed E-state index contributed by atoms with van der Waals surface area (Å²) in [6.07, 6.45) is 2.37. The summed E-state index contributed by atoms with van der Waals surface area (Å²) in [7, 11) is 2.07. The third-order valence-corrected chi connectivity index (χ3v) is 4.55. The molecule has 0 radical (unpaired) electrons. The third kappa shape index (κ3) is 3.68. The van der Waals surface area contributed by atoms with E-state index in [9.17, 15) is 5.26 Å². The van der Waals surface area contributed by atoms with Crippen molar-refractivity contribution in [2.24, 2.45) is 5.92 Å². The van der Waals surface area contributed by atoms with Gasteiger partial charge in [0.25, 0.3) is 0 Å². The van der Waals surface area contributed by atoms with Gasteiger partial charge in [-0.1, -0.05) is 13.0 Å². The number of nitriles is 1. The summed E-state index contributed by atoms with van der Waals surface area (Å²) in [5.41, 5.74) is 1.84. The van der Waals surface area contributed by atoms with Crippen LogP contribution in [0.1, 0.15) is 25.3 Å². The molecule has 0 bridgehead atoms. The molecule has 0 aliphatic carbocycles. The standard InChI is InChI=1S/C16H22N2OS/c1-3-20-16-8-4-7-15(14(16)10-17)18(2)11-13-6-5-9-19-12-13/h4,7-8,13H,3,5-6,9,11-12H2,1-2H3. The fourth-order valence-electron chi connectivity index (χ4n) is 2.66. The summed E-state index contributed by atoms with van der Waals surface area (Å²) in [6.45, 7) is 4.80. The second kappa shape index (κ2) is 7.56. The predicted octanol–water partition coefficient (Wildman–Crippen LogP) is 3.53.